The Kier molecular flexibility index (Phi) is 4.46. The number of carbonyl (C=O) groups is 1. The van der Waals surface area contributed by atoms with Crippen LogP contribution in [-0.2, 0) is 0 Å². The van der Waals surface area contributed by atoms with Crippen molar-refractivity contribution in [3.63, 3.8) is 0 Å². The van der Waals surface area contributed by atoms with Gasteiger partial charge in [-0.2, -0.15) is 10.1 Å². The summed E-state index contributed by atoms with van der Waals surface area (Å²) in [5, 5.41) is 15.0. The van der Waals surface area contributed by atoms with Gasteiger partial charge in [0.05, 0.1) is 12.7 Å². The highest BCUT2D eigenvalue weighted by molar-refractivity contribution is 5.67. The molecule has 3 rings (SSSR count). The Hall–Kier alpha value is -3.29. The minimum absolute atomic E-state index is 0.194. The lowest BCUT2D eigenvalue weighted by molar-refractivity contribution is 0.191. The van der Waals surface area contributed by atoms with Crippen LogP contribution in [0.25, 0.3) is 5.52 Å². The zero-order chi connectivity index (χ0) is 16.9. The van der Waals surface area contributed by atoms with E-state index < -0.39 is 6.09 Å². The van der Waals surface area contributed by atoms with Crippen molar-refractivity contribution in [2.75, 3.05) is 13.2 Å². The Bertz CT molecular complexity index is 848. The van der Waals surface area contributed by atoms with Crippen LogP contribution in [0.4, 0.5) is 4.79 Å². The summed E-state index contributed by atoms with van der Waals surface area (Å²) < 4.78 is 13.1. The van der Waals surface area contributed by atoms with Gasteiger partial charge in [0.15, 0.2) is 0 Å². The highest BCUT2D eigenvalue weighted by Crippen LogP contribution is 2.31. The van der Waals surface area contributed by atoms with Crippen molar-refractivity contribution < 1.29 is 19.4 Å². The number of carboxylic acid groups (broad SMARTS) is 1. The molecule has 0 radical (unpaired) electrons. The van der Waals surface area contributed by atoms with Crippen LogP contribution in [0.1, 0.15) is 5.56 Å². The van der Waals surface area contributed by atoms with E-state index in [1.807, 2.05) is 37.3 Å². The smallest absolute Gasteiger partial charge is 0.404 e. The summed E-state index contributed by atoms with van der Waals surface area (Å²) in [7, 11) is 0. The standard InChI is InChI=1S/C16H16N4O4/c1-11-13(23-8-7-17-16(21)22)9-20-14(11)15(18-10-19-20)24-12-5-3-2-4-6-12/h2-6,9-10,17H,7-8H2,1H3,(H,21,22). The van der Waals surface area contributed by atoms with Crippen LogP contribution in [0.3, 0.4) is 0 Å². The highest BCUT2D eigenvalue weighted by Gasteiger charge is 2.15. The molecule has 24 heavy (non-hydrogen) atoms. The van der Waals surface area contributed by atoms with Crippen LogP contribution in [0.5, 0.6) is 17.4 Å². The van der Waals surface area contributed by atoms with Gasteiger partial charge in [-0.25, -0.2) is 9.31 Å². The lowest BCUT2D eigenvalue weighted by Gasteiger charge is -2.07. The molecule has 0 spiro atoms. The van der Waals surface area contributed by atoms with Gasteiger partial charge in [0.1, 0.15) is 29.9 Å². The van der Waals surface area contributed by atoms with Gasteiger partial charge in [0, 0.05) is 5.56 Å². The first-order chi connectivity index (χ1) is 11.6. The van der Waals surface area contributed by atoms with Gasteiger partial charge in [-0.15, -0.1) is 0 Å². The zero-order valence-corrected chi connectivity index (χ0v) is 13.0. The number of amides is 1. The van der Waals surface area contributed by atoms with Gasteiger partial charge in [-0.05, 0) is 19.1 Å². The minimum atomic E-state index is -1.08. The van der Waals surface area contributed by atoms with Crippen LogP contribution in [0.15, 0.2) is 42.9 Å². The summed E-state index contributed by atoms with van der Waals surface area (Å²) in [6.07, 6.45) is 2.03. The molecule has 0 aliphatic rings. The number of aromatic nitrogens is 3. The summed E-state index contributed by atoms with van der Waals surface area (Å²) >= 11 is 0. The predicted octanol–water partition coefficient (Wildman–Crippen LogP) is 2.48. The van der Waals surface area contributed by atoms with Gasteiger partial charge in [-0.3, -0.25) is 0 Å². The maximum Gasteiger partial charge on any atom is 0.404 e. The van der Waals surface area contributed by atoms with E-state index in [-0.39, 0.29) is 13.2 Å². The van der Waals surface area contributed by atoms with Crippen molar-refractivity contribution in [2.24, 2.45) is 0 Å². The number of ether oxygens (including phenoxy) is 2. The monoisotopic (exact) mass is 328 g/mol. The zero-order valence-electron chi connectivity index (χ0n) is 13.0. The van der Waals surface area contributed by atoms with Crippen molar-refractivity contribution in [3.05, 3.63) is 48.4 Å². The maximum atomic E-state index is 10.4. The van der Waals surface area contributed by atoms with Gasteiger partial charge >= 0.3 is 6.09 Å². The third-order valence-corrected chi connectivity index (χ3v) is 3.34. The lowest BCUT2D eigenvalue weighted by atomic mass is 10.3. The van der Waals surface area contributed by atoms with E-state index in [9.17, 15) is 4.79 Å². The molecule has 0 unspecified atom stereocenters. The molecule has 2 N–H and O–H groups in total. The molecule has 0 saturated carbocycles. The van der Waals surface area contributed by atoms with E-state index in [1.165, 1.54) is 6.33 Å². The second kappa shape index (κ2) is 6.86. The number of nitrogens with one attached hydrogen (secondary N) is 1. The number of para-hydroxylation sites is 1. The molecule has 8 nitrogen and oxygen atoms in total. The molecule has 1 aromatic carbocycles. The van der Waals surface area contributed by atoms with Gasteiger partial charge in [0.2, 0.25) is 5.88 Å². The first-order valence-electron chi connectivity index (χ1n) is 7.30. The number of fused-ring (bicyclic) bond motifs is 1. The Labute approximate surface area is 137 Å². The molecular formula is C16H16N4O4. The number of hydrogen-bond donors (Lipinski definition) is 2. The van der Waals surface area contributed by atoms with Crippen molar-refractivity contribution in [2.45, 2.75) is 6.92 Å². The summed E-state index contributed by atoms with van der Waals surface area (Å²) in [5.41, 5.74) is 1.51. The Morgan fingerprint density at radius 3 is 2.88 bits per heavy atom. The molecule has 0 aliphatic carbocycles. The Morgan fingerprint density at radius 1 is 1.33 bits per heavy atom. The average molecular weight is 328 g/mol. The topological polar surface area (TPSA) is 98.0 Å². The van der Waals surface area contributed by atoms with E-state index in [4.69, 9.17) is 14.6 Å². The fourth-order valence-corrected chi connectivity index (χ4v) is 2.24. The molecule has 0 atom stereocenters. The summed E-state index contributed by atoms with van der Waals surface area (Å²) in [6, 6.07) is 9.34. The molecule has 2 aromatic heterocycles. The lowest BCUT2D eigenvalue weighted by Crippen LogP contribution is -2.26. The van der Waals surface area contributed by atoms with E-state index in [2.05, 4.69) is 15.4 Å². The Balaban J connectivity index is 1.82. The van der Waals surface area contributed by atoms with Crippen molar-refractivity contribution >= 4 is 11.6 Å². The quantitative estimate of drug-likeness (QED) is 0.675. The van der Waals surface area contributed by atoms with E-state index in [1.54, 1.807) is 10.7 Å². The normalized spacial score (nSPS) is 10.5. The second-order valence-corrected chi connectivity index (χ2v) is 4.97. The minimum Gasteiger partial charge on any atom is -0.490 e. The Morgan fingerprint density at radius 2 is 2.12 bits per heavy atom. The van der Waals surface area contributed by atoms with Gasteiger partial charge in [0.25, 0.3) is 0 Å². The van der Waals surface area contributed by atoms with Gasteiger partial charge < -0.3 is 19.9 Å². The molecule has 0 saturated heterocycles. The van der Waals surface area contributed by atoms with Crippen LogP contribution < -0.4 is 14.8 Å². The average Bonchev–Trinajstić information content (AvgIpc) is 2.90. The number of hydrogen-bond acceptors (Lipinski definition) is 5. The molecule has 8 heteroatoms. The molecule has 1 amide bonds. The molecule has 124 valence electrons. The second-order valence-electron chi connectivity index (χ2n) is 4.97. The third-order valence-electron chi connectivity index (χ3n) is 3.34. The van der Waals surface area contributed by atoms with Crippen molar-refractivity contribution in [3.8, 4) is 17.4 Å². The van der Waals surface area contributed by atoms with Crippen LogP contribution >= 0.6 is 0 Å². The molecule has 2 heterocycles. The molecule has 0 fully saturated rings. The molecule has 0 aliphatic heterocycles. The summed E-state index contributed by atoms with van der Waals surface area (Å²) in [5.74, 6) is 1.69. The highest BCUT2D eigenvalue weighted by atomic mass is 16.5. The first-order valence-corrected chi connectivity index (χ1v) is 7.30. The van der Waals surface area contributed by atoms with Crippen LogP contribution in [0, 0.1) is 6.92 Å². The summed E-state index contributed by atoms with van der Waals surface area (Å²) in [4.78, 5) is 14.6. The van der Waals surface area contributed by atoms with E-state index >= 15 is 0 Å². The fourth-order valence-electron chi connectivity index (χ4n) is 2.24. The van der Waals surface area contributed by atoms with Crippen molar-refractivity contribution in [1.29, 1.82) is 0 Å². The molecular weight excluding hydrogens is 312 g/mol. The number of rotatable bonds is 6. The fraction of sp³-hybridized carbons (Fsp3) is 0.188. The van der Waals surface area contributed by atoms with Gasteiger partial charge in [-0.1, -0.05) is 18.2 Å². The van der Waals surface area contributed by atoms with Crippen molar-refractivity contribution in [1.82, 2.24) is 19.9 Å². The number of benzene rings is 1. The largest absolute Gasteiger partial charge is 0.490 e. The number of nitrogens with zero attached hydrogens (tertiary/aromatic N) is 3. The SMILES string of the molecule is Cc1c(OCCNC(=O)O)cn2ncnc(Oc3ccccc3)c12. The van der Waals surface area contributed by atoms with Crippen LogP contribution in [0.2, 0.25) is 0 Å². The maximum absolute atomic E-state index is 10.4. The summed E-state index contributed by atoms with van der Waals surface area (Å²) in [6.45, 7) is 2.28. The molecule has 0 bridgehead atoms. The first kappa shape index (κ1) is 15.6. The predicted molar refractivity (Wildman–Crippen MR) is 85.8 cm³/mol. The van der Waals surface area contributed by atoms with E-state index in [0.29, 0.717) is 22.9 Å². The molecule has 3 aromatic rings. The third kappa shape index (κ3) is 3.37. The van der Waals surface area contributed by atoms with E-state index in [0.717, 1.165) is 5.56 Å². The van der Waals surface area contributed by atoms with Crippen LogP contribution in [-0.4, -0.2) is 38.9 Å². The number of aryl methyl sites for hydroxylation is 1.